The Balaban J connectivity index is 2.07. The molecule has 0 radical (unpaired) electrons. The summed E-state index contributed by atoms with van der Waals surface area (Å²) >= 11 is 12.1. The number of carbonyl (C=O) groups excluding carboxylic acids is 3. The summed E-state index contributed by atoms with van der Waals surface area (Å²) in [7, 11) is 0. The number of Topliss-reactive ketones (excluding diaryl/α,β-unsaturated/α-hetero) is 1. The number of halogens is 2. The summed E-state index contributed by atoms with van der Waals surface area (Å²) in [6, 6.07) is 4.64. The molecule has 1 unspecified atom stereocenters. The van der Waals surface area contributed by atoms with Crippen LogP contribution in [0.4, 0.5) is 0 Å². The number of hydrogen-bond donors (Lipinski definition) is 0. The van der Waals surface area contributed by atoms with Gasteiger partial charge in [-0.3, -0.25) is 19.3 Å². The zero-order chi connectivity index (χ0) is 18.4. The second-order valence-electron chi connectivity index (χ2n) is 5.97. The Labute approximate surface area is 154 Å². The minimum atomic E-state index is -1.52. The van der Waals surface area contributed by atoms with Gasteiger partial charge in [0.05, 0.1) is 0 Å². The maximum Gasteiger partial charge on any atom is 0.308 e. The second-order valence-corrected chi connectivity index (χ2v) is 6.81. The van der Waals surface area contributed by atoms with Gasteiger partial charge in [0.15, 0.2) is 0 Å². The van der Waals surface area contributed by atoms with Gasteiger partial charge in [-0.25, -0.2) is 0 Å². The van der Waals surface area contributed by atoms with E-state index in [2.05, 4.69) is 0 Å². The molecule has 3 rings (SSSR count). The van der Waals surface area contributed by atoms with Crippen LogP contribution in [-0.2, 0) is 29.5 Å². The fourth-order valence-electron chi connectivity index (χ4n) is 2.93. The first-order valence-electron chi connectivity index (χ1n) is 7.66. The largest absolute Gasteiger partial charge is 0.456 e. The average molecular weight is 384 g/mol. The summed E-state index contributed by atoms with van der Waals surface area (Å²) in [6.07, 6.45) is 0.971. The summed E-state index contributed by atoms with van der Waals surface area (Å²) in [5.41, 5.74) is -1.15. The normalized spacial score (nSPS) is 23.3. The summed E-state index contributed by atoms with van der Waals surface area (Å²) in [6.45, 7) is 3.08. The maximum atomic E-state index is 13.0. The molecule has 1 saturated heterocycles. The molecule has 1 amide bonds. The van der Waals surface area contributed by atoms with Crippen molar-refractivity contribution in [3.05, 3.63) is 45.5 Å². The number of ether oxygens (including phenoxy) is 2. The average Bonchev–Trinajstić information content (AvgIpc) is 3.04. The lowest BCUT2D eigenvalue weighted by molar-refractivity contribution is -0.142. The molecule has 0 aromatic heterocycles. The molecule has 0 bridgehead atoms. The zero-order valence-electron chi connectivity index (χ0n) is 13.6. The molecule has 0 saturated carbocycles. The van der Waals surface area contributed by atoms with Crippen LogP contribution in [0.1, 0.15) is 32.3 Å². The lowest BCUT2D eigenvalue weighted by atomic mass is 9.91. The third-order valence-electron chi connectivity index (χ3n) is 4.14. The second kappa shape index (κ2) is 6.35. The van der Waals surface area contributed by atoms with Gasteiger partial charge < -0.3 is 9.47 Å². The Bertz CT molecular complexity index is 819. The van der Waals surface area contributed by atoms with Gasteiger partial charge in [0.1, 0.15) is 0 Å². The van der Waals surface area contributed by atoms with Gasteiger partial charge in [0.2, 0.25) is 23.2 Å². The predicted molar refractivity (Wildman–Crippen MR) is 89.6 cm³/mol. The molecule has 132 valence electrons. The first-order chi connectivity index (χ1) is 11.7. The Morgan fingerprint density at radius 3 is 2.60 bits per heavy atom. The van der Waals surface area contributed by atoms with E-state index in [1.165, 1.54) is 24.8 Å². The highest BCUT2D eigenvalue weighted by Crippen LogP contribution is 2.44. The number of ketones is 1. The molecular formula is C17H15Cl2NO5. The smallest absolute Gasteiger partial charge is 0.308 e. The van der Waals surface area contributed by atoms with Gasteiger partial charge in [-0.2, -0.15) is 0 Å². The molecule has 2 heterocycles. The van der Waals surface area contributed by atoms with E-state index in [1.54, 1.807) is 12.1 Å². The molecule has 0 N–H and O–H groups in total. The molecule has 25 heavy (non-hydrogen) atoms. The van der Waals surface area contributed by atoms with E-state index >= 15 is 0 Å². The van der Waals surface area contributed by atoms with E-state index < -0.39 is 17.4 Å². The van der Waals surface area contributed by atoms with Gasteiger partial charge in [0.25, 0.3) is 5.78 Å². The number of likely N-dealkylation sites (tertiary alicyclic amines) is 1. The van der Waals surface area contributed by atoms with Crippen molar-refractivity contribution < 1.29 is 23.9 Å². The Hall–Kier alpha value is -2.05. The quantitative estimate of drug-likeness (QED) is 0.749. The number of carbonyl (C=O) groups is 3. The number of esters is 1. The van der Waals surface area contributed by atoms with Crippen LogP contribution in [0, 0.1) is 0 Å². The van der Waals surface area contributed by atoms with Crippen LogP contribution in [0.25, 0.3) is 0 Å². The van der Waals surface area contributed by atoms with Crippen molar-refractivity contribution in [2.45, 2.75) is 32.3 Å². The van der Waals surface area contributed by atoms with Crippen molar-refractivity contribution in [1.82, 2.24) is 4.90 Å². The molecule has 1 aromatic carbocycles. The summed E-state index contributed by atoms with van der Waals surface area (Å²) in [5.74, 6) is -1.78. The number of amides is 1. The molecule has 8 heteroatoms. The molecule has 1 aromatic rings. The van der Waals surface area contributed by atoms with Crippen molar-refractivity contribution in [3.8, 4) is 0 Å². The van der Waals surface area contributed by atoms with Gasteiger partial charge in [-0.15, -0.1) is 0 Å². The van der Waals surface area contributed by atoms with Crippen LogP contribution < -0.4 is 0 Å². The zero-order valence-corrected chi connectivity index (χ0v) is 15.1. The van der Waals surface area contributed by atoms with Crippen molar-refractivity contribution >= 4 is 40.9 Å². The molecule has 1 fully saturated rings. The van der Waals surface area contributed by atoms with E-state index in [0.717, 1.165) is 0 Å². The predicted octanol–water partition coefficient (Wildman–Crippen LogP) is 3.16. The minimum Gasteiger partial charge on any atom is -0.456 e. The highest BCUT2D eigenvalue weighted by atomic mass is 35.5. The first kappa shape index (κ1) is 17.8. The highest BCUT2D eigenvalue weighted by Gasteiger charge is 2.52. The van der Waals surface area contributed by atoms with E-state index in [-0.39, 0.29) is 22.6 Å². The molecular weight excluding hydrogens is 369 g/mol. The lowest BCUT2D eigenvalue weighted by Gasteiger charge is -2.26. The SMILES string of the molecule is CC(=O)OC1=C(N2CCCC2=O)OC(C)(c2ccc(Cl)cc2Cl)C1=O. The molecule has 2 aliphatic rings. The summed E-state index contributed by atoms with van der Waals surface area (Å²) in [4.78, 5) is 37.8. The van der Waals surface area contributed by atoms with E-state index in [1.807, 2.05) is 0 Å². The number of benzene rings is 1. The fraction of sp³-hybridized carbons (Fsp3) is 0.353. The maximum absolute atomic E-state index is 13.0. The Morgan fingerprint density at radius 1 is 1.32 bits per heavy atom. The van der Waals surface area contributed by atoms with Crippen LogP contribution in [0.2, 0.25) is 10.0 Å². The van der Waals surface area contributed by atoms with Crippen LogP contribution in [-0.4, -0.2) is 29.1 Å². The van der Waals surface area contributed by atoms with Crippen molar-refractivity contribution in [3.63, 3.8) is 0 Å². The van der Waals surface area contributed by atoms with Crippen LogP contribution in [0.3, 0.4) is 0 Å². The van der Waals surface area contributed by atoms with Crippen molar-refractivity contribution in [2.24, 2.45) is 0 Å². The third kappa shape index (κ3) is 3.00. The fourth-order valence-corrected chi connectivity index (χ4v) is 3.52. The summed E-state index contributed by atoms with van der Waals surface area (Å²) in [5, 5.41) is 0.644. The van der Waals surface area contributed by atoms with Gasteiger partial charge in [0, 0.05) is 35.5 Å². The standard InChI is InChI=1S/C17H15Cl2NO5/c1-9(21)24-14-15(23)17(2,11-6-5-10(18)8-12(11)19)25-16(14)20-7-3-4-13(20)22/h5-6,8H,3-4,7H2,1-2H3. The highest BCUT2D eigenvalue weighted by molar-refractivity contribution is 6.35. The van der Waals surface area contributed by atoms with Crippen LogP contribution >= 0.6 is 23.2 Å². The Morgan fingerprint density at radius 2 is 2.04 bits per heavy atom. The number of nitrogens with zero attached hydrogens (tertiary/aromatic N) is 1. The van der Waals surface area contributed by atoms with E-state index in [4.69, 9.17) is 32.7 Å². The topological polar surface area (TPSA) is 72.9 Å². The van der Waals surface area contributed by atoms with Gasteiger partial charge in [-0.05, 0) is 25.5 Å². The first-order valence-corrected chi connectivity index (χ1v) is 8.42. The molecule has 2 aliphatic heterocycles. The number of rotatable bonds is 3. The molecule has 0 aliphatic carbocycles. The minimum absolute atomic E-state index is 0.0452. The molecule has 6 nitrogen and oxygen atoms in total. The number of hydrogen-bond acceptors (Lipinski definition) is 5. The molecule has 1 atom stereocenters. The van der Waals surface area contributed by atoms with Crippen LogP contribution in [0.15, 0.2) is 29.8 Å². The third-order valence-corrected chi connectivity index (χ3v) is 4.69. The van der Waals surface area contributed by atoms with E-state index in [9.17, 15) is 14.4 Å². The van der Waals surface area contributed by atoms with Crippen molar-refractivity contribution in [1.29, 1.82) is 0 Å². The van der Waals surface area contributed by atoms with Gasteiger partial charge in [-0.1, -0.05) is 29.3 Å². The van der Waals surface area contributed by atoms with Crippen LogP contribution in [0.5, 0.6) is 0 Å². The van der Waals surface area contributed by atoms with Gasteiger partial charge >= 0.3 is 5.97 Å². The monoisotopic (exact) mass is 383 g/mol. The summed E-state index contributed by atoms with van der Waals surface area (Å²) < 4.78 is 10.9. The van der Waals surface area contributed by atoms with Crippen molar-refractivity contribution in [2.75, 3.05) is 6.54 Å². The van der Waals surface area contributed by atoms with E-state index in [0.29, 0.717) is 30.0 Å². The lowest BCUT2D eigenvalue weighted by Crippen LogP contribution is -2.33. The molecule has 0 spiro atoms. The Kier molecular flexibility index (Phi) is 4.51.